The monoisotopic (exact) mass is 236 g/mol. The van der Waals surface area contributed by atoms with E-state index in [-0.39, 0.29) is 5.41 Å². The summed E-state index contributed by atoms with van der Waals surface area (Å²) < 4.78 is 5.40. The van der Waals surface area contributed by atoms with Crippen molar-refractivity contribution < 1.29 is 4.74 Å². The van der Waals surface area contributed by atoms with E-state index in [2.05, 4.69) is 32.2 Å². The van der Waals surface area contributed by atoms with Gasteiger partial charge in [0.2, 0.25) is 0 Å². The van der Waals surface area contributed by atoms with E-state index in [1.165, 1.54) is 5.56 Å². The van der Waals surface area contributed by atoms with Crippen molar-refractivity contribution >= 4 is 5.69 Å². The standard InChI is InChI=1S/C14H24N2O/c1-14(2,3)12-10-11(16-9-5-8-15)6-7-13(12)17-4/h6-7,10,16H,5,8-9,15H2,1-4H3. The molecule has 0 aliphatic carbocycles. The third-order valence-electron chi connectivity index (χ3n) is 2.72. The lowest BCUT2D eigenvalue weighted by atomic mass is 9.86. The lowest BCUT2D eigenvalue weighted by Gasteiger charge is -2.23. The van der Waals surface area contributed by atoms with E-state index in [9.17, 15) is 0 Å². The molecule has 0 saturated carbocycles. The Bertz CT molecular complexity index is 356. The van der Waals surface area contributed by atoms with Gasteiger partial charge in [-0.3, -0.25) is 0 Å². The van der Waals surface area contributed by atoms with E-state index in [0.717, 1.165) is 30.9 Å². The maximum Gasteiger partial charge on any atom is 0.122 e. The second kappa shape index (κ2) is 5.92. The molecule has 3 nitrogen and oxygen atoms in total. The molecule has 0 spiro atoms. The highest BCUT2D eigenvalue weighted by Gasteiger charge is 2.19. The quantitative estimate of drug-likeness (QED) is 0.773. The van der Waals surface area contributed by atoms with Crippen LogP contribution in [0.1, 0.15) is 32.8 Å². The van der Waals surface area contributed by atoms with Gasteiger partial charge in [0, 0.05) is 17.8 Å². The largest absolute Gasteiger partial charge is 0.496 e. The molecule has 3 N–H and O–H groups in total. The van der Waals surface area contributed by atoms with E-state index >= 15 is 0 Å². The van der Waals surface area contributed by atoms with Gasteiger partial charge in [-0.25, -0.2) is 0 Å². The van der Waals surface area contributed by atoms with E-state index < -0.39 is 0 Å². The van der Waals surface area contributed by atoms with Gasteiger partial charge < -0.3 is 15.8 Å². The molecule has 0 saturated heterocycles. The summed E-state index contributed by atoms with van der Waals surface area (Å²) >= 11 is 0. The van der Waals surface area contributed by atoms with Gasteiger partial charge in [-0.2, -0.15) is 0 Å². The molecule has 3 heteroatoms. The number of anilines is 1. The summed E-state index contributed by atoms with van der Waals surface area (Å²) in [5.41, 5.74) is 7.91. The van der Waals surface area contributed by atoms with Crippen LogP contribution >= 0.6 is 0 Å². The van der Waals surface area contributed by atoms with Gasteiger partial charge in [0.15, 0.2) is 0 Å². The van der Waals surface area contributed by atoms with E-state index in [1.54, 1.807) is 7.11 Å². The van der Waals surface area contributed by atoms with Crippen LogP contribution in [0.2, 0.25) is 0 Å². The molecular weight excluding hydrogens is 212 g/mol. The second-order valence-corrected chi connectivity index (χ2v) is 5.23. The topological polar surface area (TPSA) is 47.3 Å². The number of nitrogens with one attached hydrogen (secondary N) is 1. The minimum Gasteiger partial charge on any atom is -0.496 e. The van der Waals surface area contributed by atoms with Gasteiger partial charge in [-0.05, 0) is 36.6 Å². The lowest BCUT2D eigenvalue weighted by Crippen LogP contribution is -2.14. The predicted octanol–water partition coefficient (Wildman–Crippen LogP) is 2.75. The van der Waals surface area contributed by atoms with Crippen LogP contribution in [0.5, 0.6) is 5.75 Å². The molecule has 0 fully saturated rings. The average Bonchev–Trinajstić information content (AvgIpc) is 2.28. The summed E-state index contributed by atoms with van der Waals surface area (Å²) in [6.07, 6.45) is 0.983. The van der Waals surface area contributed by atoms with Crippen molar-refractivity contribution in [1.29, 1.82) is 0 Å². The number of methoxy groups -OCH3 is 1. The summed E-state index contributed by atoms with van der Waals surface area (Å²) in [5.74, 6) is 0.946. The fourth-order valence-electron chi connectivity index (χ4n) is 1.74. The molecule has 0 heterocycles. The molecule has 0 atom stereocenters. The predicted molar refractivity (Wildman–Crippen MR) is 73.9 cm³/mol. The van der Waals surface area contributed by atoms with Crippen LogP contribution in [0.15, 0.2) is 18.2 Å². The fraction of sp³-hybridized carbons (Fsp3) is 0.571. The van der Waals surface area contributed by atoms with Crippen LogP contribution in [0.4, 0.5) is 5.69 Å². The smallest absolute Gasteiger partial charge is 0.122 e. The van der Waals surface area contributed by atoms with Gasteiger partial charge in [0.05, 0.1) is 7.11 Å². The zero-order chi connectivity index (χ0) is 12.9. The molecule has 96 valence electrons. The van der Waals surface area contributed by atoms with Crippen LogP contribution < -0.4 is 15.8 Å². The molecule has 0 aliphatic rings. The highest BCUT2D eigenvalue weighted by Crippen LogP contribution is 2.33. The Labute approximate surface area is 104 Å². The Morgan fingerprint density at radius 1 is 1.29 bits per heavy atom. The third-order valence-corrected chi connectivity index (χ3v) is 2.72. The van der Waals surface area contributed by atoms with Crippen LogP contribution in [0.3, 0.4) is 0 Å². The number of hydrogen-bond donors (Lipinski definition) is 2. The number of ether oxygens (including phenoxy) is 1. The van der Waals surface area contributed by atoms with Crippen molar-refractivity contribution in [3.05, 3.63) is 23.8 Å². The van der Waals surface area contributed by atoms with Crippen molar-refractivity contribution in [1.82, 2.24) is 0 Å². The third kappa shape index (κ3) is 3.93. The molecule has 1 aromatic rings. The van der Waals surface area contributed by atoms with Crippen LogP contribution in [-0.2, 0) is 5.41 Å². The molecular formula is C14H24N2O. The molecule has 0 radical (unpaired) electrons. The van der Waals surface area contributed by atoms with Gasteiger partial charge in [-0.15, -0.1) is 0 Å². The van der Waals surface area contributed by atoms with Crippen molar-refractivity contribution in [3.8, 4) is 5.75 Å². The minimum absolute atomic E-state index is 0.0803. The number of benzene rings is 1. The summed E-state index contributed by atoms with van der Waals surface area (Å²) in [4.78, 5) is 0. The summed E-state index contributed by atoms with van der Waals surface area (Å²) in [6.45, 7) is 8.19. The lowest BCUT2D eigenvalue weighted by molar-refractivity contribution is 0.397. The summed E-state index contributed by atoms with van der Waals surface area (Å²) in [5, 5.41) is 3.37. The Hall–Kier alpha value is -1.22. The minimum atomic E-state index is 0.0803. The highest BCUT2D eigenvalue weighted by molar-refractivity contribution is 5.53. The second-order valence-electron chi connectivity index (χ2n) is 5.23. The normalized spacial score (nSPS) is 11.4. The molecule has 0 amide bonds. The molecule has 1 aromatic carbocycles. The van der Waals surface area contributed by atoms with Crippen LogP contribution in [0, 0.1) is 0 Å². The fourth-order valence-corrected chi connectivity index (χ4v) is 1.74. The first-order chi connectivity index (χ1) is 7.99. The molecule has 0 aromatic heterocycles. The van der Waals surface area contributed by atoms with E-state index in [0.29, 0.717) is 0 Å². The van der Waals surface area contributed by atoms with Gasteiger partial charge in [0.25, 0.3) is 0 Å². The summed E-state index contributed by atoms with van der Waals surface area (Å²) in [7, 11) is 1.71. The Kier molecular flexibility index (Phi) is 4.82. The first-order valence-corrected chi connectivity index (χ1v) is 6.11. The number of rotatable bonds is 5. The molecule has 0 aliphatic heterocycles. The SMILES string of the molecule is COc1ccc(NCCCN)cc1C(C)(C)C. The van der Waals surface area contributed by atoms with E-state index in [1.807, 2.05) is 12.1 Å². The molecule has 0 unspecified atom stereocenters. The summed E-state index contributed by atoms with van der Waals surface area (Å²) in [6, 6.07) is 6.23. The van der Waals surface area contributed by atoms with Gasteiger partial charge in [0.1, 0.15) is 5.75 Å². The molecule has 0 bridgehead atoms. The number of nitrogens with two attached hydrogens (primary N) is 1. The molecule has 17 heavy (non-hydrogen) atoms. The maximum atomic E-state index is 5.48. The first kappa shape index (κ1) is 13.8. The molecule has 1 rings (SSSR count). The Morgan fingerprint density at radius 3 is 2.53 bits per heavy atom. The van der Waals surface area contributed by atoms with E-state index in [4.69, 9.17) is 10.5 Å². The van der Waals surface area contributed by atoms with Crippen molar-refractivity contribution in [2.75, 3.05) is 25.5 Å². The van der Waals surface area contributed by atoms with Gasteiger partial charge >= 0.3 is 0 Å². The zero-order valence-electron chi connectivity index (χ0n) is 11.3. The first-order valence-electron chi connectivity index (χ1n) is 6.11. The highest BCUT2D eigenvalue weighted by atomic mass is 16.5. The average molecular weight is 236 g/mol. The van der Waals surface area contributed by atoms with Crippen molar-refractivity contribution in [2.45, 2.75) is 32.6 Å². The Morgan fingerprint density at radius 2 is 2.00 bits per heavy atom. The van der Waals surface area contributed by atoms with Crippen molar-refractivity contribution in [3.63, 3.8) is 0 Å². The Balaban J connectivity index is 2.89. The zero-order valence-corrected chi connectivity index (χ0v) is 11.3. The van der Waals surface area contributed by atoms with Crippen LogP contribution in [0.25, 0.3) is 0 Å². The van der Waals surface area contributed by atoms with Crippen LogP contribution in [-0.4, -0.2) is 20.2 Å². The number of hydrogen-bond acceptors (Lipinski definition) is 3. The van der Waals surface area contributed by atoms with Crippen molar-refractivity contribution in [2.24, 2.45) is 5.73 Å². The maximum absolute atomic E-state index is 5.48. The van der Waals surface area contributed by atoms with Gasteiger partial charge in [-0.1, -0.05) is 20.8 Å².